The first kappa shape index (κ1) is 26.3. The van der Waals surface area contributed by atoms with Crippen molar-refractivity contribution in [2.24, 2.45) is 0 Å². The van der Waals surface area contributed by atoms with Crippen LogP contribution in [0.25, 0.3) is 0 Å². The number of aromatic nitrogens is 2. The molecule has 0 amide bonds. The Kier molecular flexibility index (Phi) is 8.82. The van der Waals surface area contributed by atoms with Gasteiger partial charge in [0.1, 0.15) is 5.69 Å². The summed E-state index contributed by atoms with van der Waals surface area (Å²) in [5.74, 6) is 6.51. The SMILES string of the molecule is CCCCCCc1cc2c(cc1C#Cc1cnc(OC(=O)CCC)cn1)C(C)(C)CC(C)(C)S2. The van der Waals surface area contributed by atoms with E-state index in [0.717, 1.165) is 24.8 Å². The highest BCUT2D eigenvalue weighted by Crippen LogP contribution is 2.51. The molecule has 0 bridgehead atoms. The average molecular weight is 479 g/mol. The number of ether oxygens (including phenoxy) is 1. The molecule has 2 aromatic rings. The van der Waals surface area contributed by atoms with Gasteiger partial charge in [0.05, 0.1) is 12.4 Å². The highest BCUT2D eigenvalue weighted by molar-refractivity contribution is 8.00. The third kappa shape index (κ3) is 7.09. The summed E-state index contributed by atoms with van der Waals surface area (Å²) >= 11 is 2.00. The van der Waals surface area contributed by atoms with Gasteiger partial charge in [0, 0.05) is 21.6 Å². The summed E-state index contributed by atoms with van der Waals surface area (Å²) in [6.45, 7) is 13.6. The van der Waals surface area contributed by atoms with Crippen molar-refractivity contribution in [2.75, 3.05) is 0 Å². The van der Waals surface area contributed by atoms with Crippen LogP contribution in [0, 0.1) is 11.8 Å². The van der Waals surface area contributed by atoms with E-state index in [9.17, 15) is 4.79 Å². The number of thioether (sulfide) groups is 1. The second-order valence-corrected chi connectivity index (χ2v) is 12.2. The van der Waals surface area contributed by atoms with Crippen LogP contribution in [0.3, 0.4) is 0 Å². The number of benzene rings is 1. The van der Waals surface area contributed by atoms with Crippen LogP contribution < -0.4 is 4.74 Å². The monoisotopic (exact) mass is 478 g/mol. The first-order valence-electron chi connectivity index (χ1n) is 12.5. The van der Waals surface area contributed by atoms with Crippen LogP contribution in [0.1, 0.15) is 109 Å². The molecular weight excluding hydrogens is 440 g/mol. The van der Waals surface area contributed by atoms with E-state index < -0.39 is 0 Å². The van der Waals surface area contributed by atoms with Crippen LogP contribution in [-0.2, 0) is 16.6 Å². The standard InChI is InChI=1S/C29H38N2O2S/c1-7-9-10-11-13-21-17-25-24(28(3,4)20-29(5,6)34-25)16-22(21)14-15-23-18-31-26(19-30-23)33-27(32)12-8-2/h16-19H,7-13,20H2,1-6H3. The Morgan fingerprint density at radius 2 is 1.82 bits per heavy atom. The van der Waals surface area contributed by atoms with Crippen molar-refractivity contribution in [3.8, 4) is 17.7 Å². The first-order chi connectivity index (χ1) is 16.1. The summed E-state index contributed by atoms with van der Waals surface area (Å²) in [7, 11) is 0. The van der Waals surface area contributed by atoms with Crippen molar-refractivity contribution in [3.05, 3.63) is 46.9 Å². The molecule has 3 rings (SSSR count). The topological polar surface area (TPSA) is 52.1 Å². The Labute approximate surface area is 209 Å². The number of unbranched alkanes of at least 4 members (excludes halogenated alkanes) is 3. The van der Waals surface area contributed by atoms with Gasteiger partial charge in [0.15, 0.2) is 0 Å². The van der Waals surface area contributed by atoms with Gasteiger partial charge < -0.3 is 4.74 Å². The third-order valence-corrected chi connectivity index (χ3v) is 7.37. The van der Waals surface area contributed by atoms with Crippen molar-refractivity contribution in [2.45, 2.75) is 108 Å². The number of carbonyl (C=O) groups excluding carboxylic acids is 1. The Morgan fingerprint density at radius 3 is 2.50 bits per heavy atom. The fourth-order valence-corrected chi connectivity index (χ4v) is 6.41. The average Bonchev–Trinajstić information content (AvgIpc) is 2.75. The zero-order valence-corrected chi connectivity index (χ0v) is 22.4. The lowest BCUT2D eigenvalue weighted by Crippen LogP contribution is -2.33. The van der Waals surface area contributed by atoms with E-state index in [4.69, 9.17) is 4.74 Å². The highest BCUT2D eigenvalue weighted by atomic mass is 32.2. The Hall–Kier alpha value is -2.32. The minimum atomic E-state index is -0.291. The highest BCUT2D eigenvalue weighted by Gasteiger charge is 2.38. The molecule has 0 saturated carbocycles. The van der Waals surface area contributed by atoms with Crippen LogP contribution >= 0.6 is 11.8 Å². The van der Waals surface area contributed by atoms with E-state index in [1.165, 1.54) is 47.9 Å². The van der Waals surface area contributed by atoms with E-state index in [-0.39, 0.29) is 22.0 Å². The molecule has 2 heterocycles. The molecule has 1 aliphatic heterocycles. The summed E-state index contributed by atoms with van der Waals surface area (Å²) in [6, 6.07) is 4.70. The number of esters is 1. The number of fused-ring (bicyclic) bond motifs is 1. The van der Waals surface area contributed by atoms with Gasteiger partial charge in [0.2, 0.25) is 5.88 Å². The number of hydrogen-bond acceptors (Lipinski definition) is 5. The van der Waals surface area contributed by atoms with Crippen LogP contribution in [-0.4, -0.2) is 20.7 Å². The van der Waals surface area contributed by atoms with Crippen molar-refractivity contribution in [3.63, 3.8) is 0 Å². The zero-order valence-electron chi connectivity index (χ0n) is 21.6. The third-order valence-electron chi connectivity index (χ3n) is 6.11. The summed E-state index contributed by atoms with van der Waals surface area (Å²) in [5.41, 5.74) is 4.47. The van der Waals surface area contributed by atoms with Gasteiger partial charge in [-0.25, -0.2) is 9.97 Å². The predicted octanol–water partition coefficient (Wildman–Crippen LogP) is 7.26. The molecule has 1 aromatic carbocycles. The maximum Gasteiger partial charge on any atom is 0.312 e. The van der Waals surface area contributed by atoms with Crippen molar-refractivity contribution in [1.29, 1.82) is 0 Å². The van der Waals surface area contributed by atoms with Crippen molar-refractivity contribution in [1.82, 2.24) is 9.97 Å². The molecule has 182 valence electrons. The van der Waals surface area contributed by atoms with Gasteiger partial charge in [-0.15, -0.1) is 11.8 Å². The summed E-state index contributed by atoms with van der Waals surface area (Å²) in [4.78, 5) is 21.6. The lowest BCUT2D eigenvalue weighted by Gasteiger charge is -2.42. The van der Waals surface area contributed by atoms with E-state index in [2.05, 4.69) is 68.6 Å². The van der Waals surface area contributed by atoms with Gasteiger partial charge >= 0.3 is 5.97 Å². The molecular formula is C29H38N2O2S. The molecule has 0 radical (unpaired) electrons. The minimum absolute atomic E-state index is 0.102. The molecule has 0 N–H and O–H groups in total. The molecule has 0 saturated heterocycles. The van der Waals surface area contributed by atoms with E-state index in [1.54, 1.807) is 6.20 Å². The Bertz CT molecular complexity index is 1060. The molecule has 0 fully saturated rings. The molecule has 5 heteroatoms. The molecule has 1 aliphatic rings. The molecule has 1 aromatic heterocycles. The summed E-state index contributed by atoms with van der Waals surface area (Å²) < 4.78 is 5.42. The molecule has 0 unspecified atom stereocenters. The maximum absolute atomic E-state index is 11.7. The number of rotatable bonds is 8. The molecule has 34 heavy (non-hydrogen) atoms. The zero-order chi connectivity index (χ0) is 24.8. The Morgan fingerprint density at radius 1 is 1.03 bits per heavy atom. The summed E-state index contributed by atoms with van der Waals surface area (Å²) in [6.07, 6.45) is 11.2. The lowest BCUT2D eigenvalue weighted by molar-refractivity contribution is -0.134. The van der Waals surface area contributed by atoms with E-state index in [0.29, 0.717) is 12.1 Å². The van der Waals surface area contributed by atoms with E-state index in [1.807, 2.05) is 18.7 Å². The van der Waals surface area contributed by atoms with Crippen LogP contribution in [0.15, 0.2) is 29.4 Å². The van der Waals surface area contributed by atoms with Crippen LogP contribution in [0.2, 0.25) is 0 Å². The number of aryl methyl sites for hydroxylation is 1. The molecule has 0 atom stereocenters. The number of hydrogen-bond donors (Lipinski definition) is 0. The van der Waals surface area contributed by atoms with Crippen molar-refractivity contribution < 1.29 is 9.53 Å². The fraction of sp³-hybridized carbons (Fsp3) is 0.552. The van der Waals surface area contributed by atoms with Gasteiger partial charge in [-0.1, -0.05) is 66.7 Å². The minimum Gasteiger partial charge on any atom is -0.406 e. The quantitative estimate of drug-likeness (QED) is 0.227. The number of carbonyl (C=O) groups is 1. The predicted molar refractivity (Wildman–Crippen MR) is 140 cm³/mol. The smallest absolute Gasteiger partial charge is 0.312 e. The van der Waals surface area contributed by atoms with Crippen LogP contribution in [0.4, 0.5) is 0 Å². The normalized spacial score (nSPS) is 15.7. The second-order valence-electron chi connectivity index (χ2n) is 10.5. The van der Waals surface area contributed by atoms with Gasteiger partial charge in [0.25, 0.3) is 0 Å². The van der Waals surface area contributed by atoms with Gasteiger partial charge in [-0.3, -0.25) is 4.79 Å². The first-order valence-corrected chi connectivity index (χ1v) is 13.4. The Balaban J connectivity index is 1.89. The molecule has 4 nitrogen and oxygen atoms in total. The van der Waals surface area contributed by atoms with Gasteiger partial charge in [-0.2, -0.15) is 0 Å². The second kappa shape index (κ2) is 11.4. The fourth-order valence-electron chi connectivity index (χ4n) is 4.73. The summed E-state index contributed by atoms with van der Waals surface area (Å²) in [5, 5.41) is 0. The lowest BCUT2D eigenvalue weighted by atomic mass is 9.76. The maximum atomic E-state index is 11.7. The van der Waals surface area contributed by atoms with Crippen molar-refractivity contribution >= 4 is 17.7 Å². The molecule has 0 spiro atoms. The largest absolute Gasteiger partial charge is 0.406 e. The van der Waals surface area contributed by atoms with Gasteiger partial charge in [-0.05, 0) is 60.3 Å². The number of nitrogens with zero attached hydrogens (tertiary/aromatic N) is 2. The molecule has 0 aliphatic carbocycles. The van der Waals surface area contributed by atoms with E-state index >= 15 is 0 Å². The van der Waals surface area contributed by atoms with Crippen LogP contribution in [0.5, 0.6) is 5.88 Å².